The number of thiophene rings is 1. The Hall–Kier alpha value is -3.23. The van der Waals surface area contributed by atoms with Crippen molar-refractivity contribution in [1.29, 1.82) is 0 Å². The average Bonchev–Trinajstić information content (AvgIpc) is 3.11. The number of aromatic nitrogens is 1. The molecule has 0 radical (unpaired) electrons. The monoisotopic (exact) mass is 455 g/mol. The van der Waals surface area contributed by atoms with Crippen molar-refractivity contribution >= 4 is 45.7 Å². The van der Waals surface area contributed by atoms with Gasteiger partial charge < -0.3 is 15.3 Å². The highest BCUT2D eigenvalue weighted by molar-refractivity contribution is 7.17. The lowest BCUT2D eigenvalue weighted by atomic mass is 10.0. The van der Waals surface area contributed by atoms with Crippen molar-refractivity contribution in [2.75, 3.05) is 11.9 Å². The van der Waals surface area contributed by atoms with Crippen LogP contribution in [0.25, 0.3) is 0 Å². The Balaban J connectivity index is 1.60. The van der Waals surface area contributed by atoms with E-state index in [9.17, 15) is 19.5 Å². The molecule has 0 unspecified atom stereocenters. The molecule has 1 aliphatic heterocycles. The molecule has 2 N–H and O–H groups in total. The molecule has 158 valence electrons. The van der Waals surface area contributed by atoms with Crippen LogP contribution in [0.5, 0.6) is 0 Å². The molecule has 0 atom stereocenters. The summed E-state index contributed by atoms with van der Waals surface area (Å²) in [4.78, 5) is 44.0. The largest absolute Gasteiger partial charge is 0.478 e. The Bertz CT molecular complexity index is 1190. The summed E-state index contributed by atoms with van der Waals surface area (Å²) in [7, 11) is 0. The van der Waals surface area contributed by atoms with Crippen LogP contribution in [-0.2, 0) is 13.0 Å². The van der Waals surface area contributed by atoms with Gasteiger partial charge in [0.05, 0.1) is 28.3 Å². The molecule has 4 rings (SSSR count). The van der Waals surface area contributed by atoms with Gasteiger partial charge in [-0.15, -0.1) is 11.3 Å². The van der Waals surface area contributed by atoms with E-state index in [0.29, 0.717) is 24.1 Å². The number of aromatic carboxylic acids is 1. The summed E-state index contributed by atoms with van der Waals surface area (Å²) < 4.78 is 0. The highest BCUT2D eigenvalue weighted by atomic mass is 35.5. The molecule has 0 bridgehead atoms. The van der Waals surface area contributed by atoms with E-state index < -0.39 is 11.9 Å². The van der Waals surface area contributed by atoms with Crippen LogP contribution in [0.1, 0.15) is 47.2 Å². The molecule has 2 aromatic heterocycles. The first-order valence-electron chi connectivity index (χ1n) is 9.50. The number of hydrogen-bond donors (Lipinski definition) is 2. The number of anilines is 1. The topological polar surface area (TPSA) is 99.6 Å². The molecule has 0 saturated heterocycles. The smallest absolute Gasteiger partial charge is 0.339 e. The van der Waals surface area contributed by atoms with E-state index in [0.717, 1.165) is 10.6 Å². The van der Waals surface area contributed by atoms with Crippen LogP contribution in [0.2, 0.25) is 5.02 Å². The van der Waals surface area contributed by atoms with Crippen LogP contribution >= 0.6 is 22.9 Å². The quantitative estimate of drug-likeness (QED) is 0.612. The highest BCUT2D eigenvalue weighted by Crippen LogP contribution is 2.38. The highest BCUT2D eigenvalue weighted by Gasteiger charge is 2.31. The lowest BCUT2D eigenvalue weighted by Crippen LogP contribution is -2.35. The van der Waals surface area contributed by atoms with Gasteiger partial charge in [0, 0.05) is 23.3 Å². The second kappa shape index (κ2) is 8.49. The van der Waals surface area contributed by atoms with E-state index >= 15 is 0 Å². The average molecular weight is 456 g/mol. The van der Waals surface area contributed by atoms with E-state index in [2.05, 4.69) is 10.3 Å². The Morgan fingerprint density at radius 3 is 2.65 bits per heavy atom. The fourth-order valence-corrected chi connectivity index (χ4v) is 4.96. The maximum absolute atomic E-state index is 12.8. The number of nitrogens with one attached hydrogen (secondary N) is 1. The van der Waals surface area contributed by atoms with Gasteiger partial charge in [0.2, 0.25) is 0 Å². The van der Waals surface area contributed by atoms with E-state index in [-0.39, 0.29) is 33.6 Å². The number of nitrogens with zero attached hydrogens (tertiary/aromatic N) is 2. The lowest BCUT2D eigenvalue weighted by Gasteiger charge is -2.27. The number of amides is 2. The molecular formula is C22H18ClN3O4S. The summed E-state index contributed by atoms with van der Waals surface area (Å²) in [6.07, 6.45) is 1.93. The predicted molar refractivity (Wildman–Crippen MR) is 118 cm³/mol. The summed E-state index contributed by atoms with van der Waals surface area (Å²) in [5.74, 6) is -1.76. The van der Waals surface area contributed by atoms with E-state index in [1.165, 1.54) is 11.3 Å². The standard InChI is InChI=1S/C22H18ClN3O4S/c1-12-6-7-13(10-24-12)21(28)26-9-8-15-17(11-26)31-20(18(15)22(29)30)25-19(27)14-4-2-3-5-16(14)23/h2-7,10H,8-9,11H2,1H3,(H,25,27)(H,29,30). The third kappa shape index (κ3) is 4.17. The molecule has 1 aromatic carbocycles. The van der Waals surface area contributed by atoms with Crippen LogP contribution < -0.4 is 5.32 Å². The number of halogens is 1. The second-order valence-corrected chi connectivity index (χ2v) is 8.62. The number of hydrogen-bond acceptors (Lipinski definition) is 5. The van der Waals surface area contributed by atoms with Gasteiger partial charge in [-0.3, -0.25) is 14.6 Å². The Morgan fingerprint density at radius 1 is 1.19 bits per heavy atom. The number of benzene rings is 1. The van der Waals surface area contributed by atoms with Crippen molar-refractivity contribution < 1.29 is 19.5 Å². The van der Waals surface area contributed by atoms with Crippen molar-refractivity contribution in [1.82, 2.24) is 9.88 Å². The number of carbonyl (C=O) groups is 3. The molecule has 3 heterocycles. The number of carboxylic acid groups (broad SMARTS) is 1. The van der Waals surface area contributed by atoms with Gasteiger partial charge in [-0.2, -0.15) is 0 Å². The third-order valence-corrected chi connectivity index (χ3v) is 6.52. The zero-order valence-electron chi connectivity index (χ0n) is 16.5. The zero-order valence-corrected chi connectivity index (χ0v) is 18.1. The van der Waals surface area contributed by atoms with Gasteiger partial charge in [0.1, 0.15) is 5.00 Å². The van der Waals surface area contributed by atoms with Crippen LogP contribution in [-0.4, -0.2) is 39.3 Å². The van der Waals surface area contributed by atoms with Gasteiger partial charge in [0.15, 0.2) is 0 Å². The summed E-state index contributed by atoms with van der Waals surface area (Å²) >= 11 is 7.26. The number of aryl methyl sites for hydroxylation is 1. The summed E-state index contributed by atoms with van der Waals surface area (Å²) in [6.45, 7) is 2.50. The minimum atomic E-state index is -1.12. The molecular weight excluding hydrogens is 438 g/mol. The van der Waals surface area contributed by atoms with Crippen molar-refractivity contribution in [3.05, 3.63) is 80.4 Å². The lowest BCUT2D eigenvalue weighted by molar-refractivity contribution is 0.0696. The molecule has 0 saturated carbocycles. The molecule has 0 spiro atoms. The number of carbonyl (C=O) groups excluding carboxylic acids is 2. The van der Waals surface area contributed by atoms with Crippen molar-refractivity contribution in [3.8, 4) is 0 Å². The third-order valence-electron chi connectivity index (χ3n) is 5.06. The van der Waals surface area contributed by atoms with Gasteiger partial charge in [-0.1, -0.05) is 23.7 Å². The van der Waals surface area contributed by atoms with Gasteiger partial charge in [0.25, 0.3) is 11.8 Å². The summed E-state index contributed by atoms with van der Waals surface area (Å²) in [5.41, 5.74) is 2.29. The van der Waals surface area contributed by atoms with E-state index in [1.807, 2.05) is 6.92 Å². The molecule has 7 nitrogen and oxygen atoms in total. The summed E-state index contributed by atoms with van der Waals surface area (Å²) in [5, 5.41) is 13.0. The molecule has 1 aliphatic rings. The fraction of sp³-hybridized carbons (Fsp3) is 0.182. The SMILES string of the molecule is Cc1ccc(C(=O)N2CCc3c(sc(NC(=O)c4ccccc4Cl)c3C(=O)O)C2)cn1. The Labute approximate surface area is 187 Å². The van der Waals surface area contributed by atoms with Crippen molar-refractivity contribution in [2.45, 2.75) is 19.9 Å². The first-order valence-corrected chi connectivity index (χ1v) is 10.7. The van der Waals surface area contributed by atoms with Crippen LogP contribution in [0, 0.1) is 6.92 Å². The molecule has 0 aliphatic carbocycles. The van der Waals surface area contributed by atoms with E-state index in [4.69, 9.17) is 11.6 Å². The van der Waals surface area contributed by atoms with Gasteiger partial charge >= 0.3 is 5.97 Å². The van der Waals surface area contributed by atoms with Crippen LogP contribution in [0.3, 0.4) is 0 Å². The molecule has 2 amide bonds. The zero-order chi connectivity index (χ0) is 22.1. The van der Waals surface area contributed by atoms with Gasteiger partial charge in [-0.05, 0) is 43.2 Å². The second-order valence-electron chi connectivity index (χ2n) is 7.11. The van der Waals surface area contributed by atoms with Crippen LogP contribution in [0.15, 0.2) is 42.6 Å². The molecule has 9 heteroatoms. The first-order chi connectivity index (χ1) is 14.8. The predicted octanol–water partition coefficient (Wildman–Crippen LogP) is 4.25. The van der Waals surface area contributed by atoms with Crippen molar-refractivity contribution in [3.63, 3.8) is 0 Å². The fourth-order valence-electron chi connectivity index (χ4n) is 3.48. The number of pyridine rings is 1. The Morgan fingerprint density at radius 2 is 1.97 bits per heavy atom. The number of carboxylic acids is 1. The van der Waals surface area contributed by atoms with Crippen LogP contribution in [0.4, 0.5) is 5.00 Å². The minimum absolute atomic E-state index is 0.0736. The number of rotatable bonds is 4. The molecule has 31 heavy (non-hydrogen) atoms. The maximum atomic E-state index is 12.8. The molecule has 3 aromatic rings. The number of fused-ring (bicyclic) bond motifs is 1. The normalized spacial score (nSPS) is 12.9. The van der Waals surface area contributed by atoms with E-state index in [1.54, 1.807) is 47.5 Å². The maximum Gasteiger partial charge on any atom is 0.339 e. The molecule has 0 fully saturated rings. The van der Waals surface area contributed by atoms with Crippen molar-refractivity contribution in [2.24, 2.45) is 0 Å². The summed E-state index contributed by atoms with van der Waals surface area (Å²) in [6, 6.07) is 10.1. The Kier molecular flexibility index (Phi) is 5.75. The first kappa shape index (κ1) is 21.0. The van der Waals surface area contributed by atoms with Gasteiger partial charge in [-0.25, -0.2) is 4.79 Å². The minimum Gasteiger partial charge on any atom is -0.478 e.